The molecule has 2 fully saturated rings. The first-order valence-corrected chi connectivity index (χ1v) is 12.7. The van der Waals surface area contributed by atoms with Crippen LogP contribution in [-0.4, -0.2) is 30.9 Å². The molecule has 0 unspecified atom stereocenters. The molecule has 5 nitrogen and oxygen atoms in total. The van der Waals surface area contributed by atoms with Crippen molar-refractivity contribution < 1.29 is 9.59 Å². The maximum Gasteiger partial charge on any atom is 0.255 e. The molecule has 1 aliphatic carbocycles. The van der Waals surface area contributed by atoms with Crippen LogP contribution in [0.1, 0.15) is 57.5 Å². The molecule has 2 amide bonds. The highest BCUT2D eigenvalue weighted by molar-refractivity contribution is 6.06. The largest absolute Gasteiger partial charge is 0.371 e. The van der Waals surface area contributed by atoms with E-state index in [2.05, 4.69) is 45.9 Å². The van der Waals surface area contributed by atoms with Crippen LogP contribution < -0.4 is 15.5 Å². The summed E-state index contributed by atoms with van der Waals surface area (Å²) < 4.78 is 0. The molecule has 180 valence electrons. The third-order valence-corrected chi connectivity index (χ3v) is 7.05. The standard InChI is InChI=1S/C30H33N3O2/c1-21-7-9-24(10-8-21)29(34)32-26-13-14-28(27(20-26)30(35)31-25-11-12-25)33-17-15-23(16-18-33)19-22-5-3-2-4-6-22/h2-10,13-14,20,23,25H,11-12,15-19H2,1H3,(H,31,35)(H,32,34). The number of hydrogen-bond acceptors (Lipinski definition) is 3. The Kier molecular flexibility index (Phi) is 6.84. The number of carbonyl (C=O) groups excluding carboxylic acids is 2. The summed E-state index contributed by atoms with van der Waals surface area (Å²) in [6.45, 7) is 3.85. The lowest BCUT2D eigenvalue weighted by Gasteiger charge is -2.35. The zero-order chi connectivity index (χ0) is 24.2. The van der Waals surface area contributed by atoms with Gasteiger partial charge in [-0.15, -0.1) is 0 Å². The van der Waals surface area contributed by atoms with Gasteiger partial charge in [-0.1, -0.05) is 48.0 Å². The van der Waals surface area contributed by atoms with Gasteiger partial charge in [0.15, 0.2) is 0 Å². The first-order chi connectivity index (χ1) is 17.0. The van der Waals surface area contributed by atoms with Gasteiger partial charge in [0.2, 0.25) is 0 Å². The summed E-state index contributed by atoms with van der Waals surface area (Å²) in [6.07, 6.45) is 5.38. The Balaban J connectivity index is 1.30. The van der Waals surface area contributed by atoms with Crippen molar-refractivity contribution in [3.05, 3.63) is 95.1 Å². The van der Waals surface area contributed by atoms with Crippen molar-refractivity contribution in [3.63, 3.8) is 0 Å². The lowest BCUT2D eigenvalue weighted by molar-refractivity contribution is 0.0950. The Bertz CT molecular complexity index is 1180. The minimum Gasteiger partial charge on any atom is -0.371 e. The van der Waals surface area contributed by atoms with Gasteiger partial charge >= 0.3 is 0 Å². The van der Waals surface area contributed by atoms with E-state index in [0.717, 1.165) is 56.4 Å². The van der Waals surface area contributed by atoms with Crippen molar-refractivity contribution >= 4 is 23.2 Å². The number of nitrogens with zero attached hydrogens (tertiary/aromatic N) is 1. The predicted octanol–water partition coefficient (Wildman–Crippen LogP) is 5.60. The van der Waals surface area contributed by atoms with Gasteiger partial charge in [-0.2, -0.15) is 0 Å². The normalized spacial score (nSPS) is 16.1. The molecule has 1 aliphatic heterocycles. The molecule has 35 heavy (non-hydrogen) atoms. The highest BCUT2D eigenvalue weighted by atomic mass is 16.2. The minimum atomic E-state index is -0.173. The molecular weight excluding hydrogens is 434 g/mol. The van der Waals surface area contributed by atoms with E-state index in [4.69, 9.17) is 0 Å². The van der Waals surface area contributed by atoms with E-state index in [1.807, 2.05) is 49.4 Å². The van der Waals surface area contributed by atoms with Crippen LogP contribution in [0, 0.1) is 12.8 Å². The fraction of sp³-hybridized carbons (Fsp3) is 0.333. The van der Waals surface area contributed by atoms with E-state index in [9.17, 15) is 9.59 Å². The van der Waals surface area contributed by atoms with Crippen molar-refractivity contribution in [1.29, 1.82) is 0 Å². The molecule has 0 atom stereocenters. The van der Waals surface area contributed by atoms with Crippen molar-refractivity contribution in [2.75, 3.05) is 23.3 Å². The Hall–Kier alpha value is -3.60. The number of anilines is 2. The molecule has 2 aliphatic rings. The fourth-order valence-corrected chi connectivity index (χ4v) is 4.80. The van der Waals surface area contributed by atoms with Gasteiger partial charge in [-0.05, 0) is 80.8 Å². The number of hydrogen-bond donors (Lipinski definition) is 2. The molecule has 5 heteroatoms. The number of rotatable bonds is 7. The van der Waals surface area contributed by atoms with Crippen LogP contribution in [0.4, 0.5) is 11.4 Å². The SMILES string of the molecule is Cc1ccc(C(=O)Nc2ccc(N3CCC(Cc4ccccc4)CC3)c(C(=O)NC3CC3)c2)cc1. The van der Waals surface area contributed by atoms with Gasteiger partial charge in [-0.25, -0.2) is 0 Å². The molecule has 1 saturated carbocycles. The Morgan fingerprint density at radius 2 is 1.57 bits per heavy atom. The van der Waals surface area contributed by atoms with Crippen LogP contribution in [0.3, 0.4) is 0 Å². The van der Waals surface area contributed by atoms with Crippen molar-refractivity contribution in [1.82, 2.24) is 5.32 Å². The van der Waals surface area contributed by atoms with E-state index in [1.165, 1.54) is 5.56 Å². The van der Waals surface area contributed by atoms with Gasteiger partial charge < -0.3 is 15.5 Å². The first-order valence-electron chi connectivity index (χ1n) is 12.7. The van der Waals surface area contributed by atoms with E-state index in [0.29, 0.717) is 22.7 Å². The summed E-state index contributed by atoms with van der Waals surface area (Å²) in [5, 5.41) is 6.10. The van der Waals surface area contributed by atoms with Gasteiger partial charge in [0, 0.05) is 36.1 Å². The van der Waals surface area contributed by atoms with Crippen LogP contribution in [0.5, 0.6) is 0 Å². The summed E-state index contributed by atoms with van der Waals surface area (Å²) in [5.41, 5.74) is 5.33. The molecule has 0 radical (unpaired) electrons. The lowest BCUT2D eigenvalue weighted by atomic mass is 9.89. The van der Waals surface area contributed by atoms with Gasteiger partial charge in [0.1, 0.15) is 0 Å². The monoisotopic (exact) mass is 467 g/mol. The number of aryl methyl sites for hydroxylation is 1. The van der Waals surface area contributed by atoms with Gasteiger partial charge in [-0.3, -0.25) is 9.59 Å². The summed E-state index contributed by atoms with van der Waals surface area (Å²) in [7, 11) is 0. The van der Waals surface area contributed by atoms with E-state index < -0.39 is 0 Å². The summed E-state index contributed by atoms with van der Waals surface area (Å²) in [4.78, 5) is 28.2. The van der Waals surface area contributed by atoms with E-state index in [-0.39, 0.29) is 17.9 Å². The van der Waals surface area contributed by atoms with Crippen molar-refractivity contribution in [3.8, 4) is 0 Å². The van der Waals surface area contributed by atoms with Gasteiger partial charge in [0.05, 0.1) is 5.56 Å². The second-order valence-corrected chi connectivity index (χ2v) is 9.92. The van der Waals surface area contributed by atoms with E-state index in [1.54, 1.807) is 0 Å². The number of carbonyl (C=O) groups is 2. The first kappa shape index (κ1) is 23.2. The van der Waals surface area contributed by atoms with Gasteiger partial charge in [0.25, 0.3) is 11.8 Å². The average Bonchev–Trinajstić information content (AvgIpc) is 3.69. The molecular formula is C30H33N3O2. The number of amides is 2. The quantitative estimate of drug-likeness (QED) is 0.476. The van der Waals surface area contributed by atoms with Crippen LogP contribution in [-0.2, 0) is 6.42 Å². The van der Waals surface area contributed by atoms with E-state index >= 15 is 0 Å². The molecule has 1 heterocycles. The minimum absolute atomic E-state index is 0.0552. The Labute approximate surface area is 207 Å². The van der Waals surface area contributed by atoms with Crippen molar-refractivity contribution in [2.45, 2.75) is 45.1 Å². The Morgan fingerprint density at radius 3 is 2.26 bits per heavy atom. The topological polar surface area (TPSA) is 61.4 Å². The third kappa shape index (κ3) is 5.91. The highest BCUT2D eigenvalue weighted by Gasteiger charge is 2.28. The molecule has 5 rings (SSSR count). The highest BCUT2D eigenvalue weighted by Crippen LogP contribution is 2.31. The second-order valence-electron chi connectivity index (χ2n) is 9.92. The Morgan fingerprint density at radius 1 is 0.857 bits per heavy atom. The van der Waals surface area contributed by atoms with Crippen LogP contribution in [0.15, 0.2) is 72.8 Å². The molecule has 0 spiro atoms. The smallest absolute Gasteiger partial charge is 0.255 e. The molecule has 3 aromatic carbocycles. The fourth-order valence-electron chi connectivity index (χ4n) is 4.80. The third-order valence-electron chi connectivity index (χ3n) is 7.05. The summed E-state index contributed by atoms with van der Waals surface area (Å²) >= 11 is 0. The second kappa shape index (κ2) is 10.3. The molecule has 0 bridgehead atoms. The predicted molar refractivity (Wildman–Crippen MR) is 141 cm³/mol. The zero-order valence-corrected chi connectivity index (χ0v) is 20.3. The van der Waals surface area contributed by atoms with Crippen LogP contribution >= 0.6 is 0 Å². The van der Waals surface area contributed by atoms with Crippen LogP contribution in [0.2, 0.25) is 0 Å². The van der Waals surface area contributed by atoms with Crippen molar-refractivity contribution in [2.24, 2.45) is 5.92 Å². The summed E-state index contributed by atoms with van der Waals surface area (Å²) in [6, 6.07) is 24.2. The number of nitrogens with one attached hydrogen (secondary N) is 2. The molecule has 0 aromatic heterocycles. The zero-order valence-electron chi connectivity index (χ0n) is 20.3. The maximum absolute atomic E-state index is 13.2. The number of benzene rings is 3. The lowest BCUT2D eigenvalue weighted by Crippen LogP contribution is -2.36. The maximum atomic E-state index is 13.2. The average molecular weight is 468 g/mol. The molecule has 3 aromatic rings. The van der Waals surface area contributed by atoms with Crippen LogP contribution in [0.25, 0.3) is 0 Å². The molecule has 1 saturated heterocycles. The summed E-state index contributed by atoms with van der Waals surface area (Å²) in [5.74, 6) is 0.429. The molecule has 2 N–H and O–H groups in total. The number of piperidine rings is 1.